The SMILES string of the molecule is CCN(C)C(=O)C(C)NC(=O)c1ccc(CBr)cc1. The normalized spacial score (nSPS) is 11.8. The summed E-state index contributed by atoms with van der Waals surface area (Å²) in [4.78, 5) is 25.4. The van der Waals surface area contributed by atoms with Gasteiger partial charge in [0.05, 0.1) is 0 Å². The largest absolute Gasteiger partial charge is 0.344 e. The maximum atomic E-state index is 12.0. The Morgan fingerprint density at radius 2 is 1.89 bits per heavy atom. The van der Waals surface area contributed by atoms with Crippen LogP contribution in [0.1, 0.15) is 29.8 Å². The van der Waals surface area contributed by atoms with E-state index in [4.69, 9.17) is 0 Å². The average molecular weight is 327 g/mol. The zero-order valence-corrected chi connectivity index (χ0v) is 13.0. The van der Waals surface area contributed by atoms with E-state index in [2.05, 4.69) is 21.2 Å². The molecule has 0 saturated carbocycles. The first-order valence-electron chi connectivity index (χ1n) is 6.20. The highest BCUT2D eigenvalue weighted by molar-refractivity contribution is 9.08. The third-order valence-corrected chi connectivity index (χ3v) is 3.59. The highest BCUT2D eigenvalue weighted by Crippen LogP contribution is 2.08. The number of carbonyl (C=O) groups is 2. The van der Waals surface area contributed by atoms with E-state index in [0.717, 1.165) is 10.9 Å². The van der Waals surface area contributed by atoms with Crippen LogP contribution >= 0.6 is 15.9 Å². The maximum absolute atomic E-state index is 12.0. The van der Waals surface area contributed by atoms with Crippen molar-refractivity contribution in [3.05, 3.63) is 35.4 Å². The molecule has 1 N–H and O–H groups in total. The van der Waals surface area contributed by atoms with Crippen molar-refractivity contribution in [2.75, 3.05) is 13.6 Å². The number of halogens is 1. The van der Waals surface area contributed by atoms with E-state index in [1.165, 1.54) is 0 Å². The Balaban J connectivity index is 2.65. The zero-order valence-electron chi connectivity index (χ0n) is 11.4. The molecule has 0 spiro atoms. The van der Waals surface area contributed by atoms with E-state index in [-0.39, 0.29) is 11.8 Å². The standard InChI is InChI=1S/C14H19BrN2O2/c1-4-17(3)14(19)10(2)16-13(18)12-7-5-11(9-15)6-8-12/h5-8,10H,4,9H2,1-3H3,(H,16,18). The van der Waals surface area contributed by atoms with Crippen LogP contribution in [0.25, 0.3) is 0 Å². The average Bonchev–Trinajstić information content (AvgIpc) is 2.45. The molecule has 0 bridgehead atoms. The van der Waals surface area contributed by atoms with Gasteiger partial charge in [0.15, 0.2) is 0 Å². The number of hydrogen-bond acceptors (Lipinski definition) is 2. The lowest BCUT2D eigenvalue weighted by Gasteiger charge is -2.20. The summed E-state index contributed by atoms with van der Waals surface area (Å²) in [5.41, 5.74) is 1.66. The molecule has 19 heavy (non-hydrogen) atoms. The molecule has 0 radical (unpaired) electrons. The minimum atomic E-state index is -0.520. The van der Waals surface area contributed by atoms with Gasteiger partial charge >= 0.3 is 0 Å². The third-order valence-electron chi connectivity index (χ3n) is 2.94. The van der Waals surface area contributed by atoms with Gasteiger partial charge in [-0.15, -0.1) is 0 Å². The number of benzene rings is 1. The van der Waals surface area contributed by atoms with Crippen molar-refractivity contribution in [2.45, 2.75) is 25.2 Å². The molecule has 0 heterocycles. The van der Waals surface area contributed by atoms with Crippen LogP contribution in [0.2, 0.25) is 0 Å². The van der Waals surface area contributed by atoms with Gasteiger partial charge in [-0.2, -0.15) is 0 Å². The number of likely N-dealkylation sites (N-methyl/N-ethyl adjacent to an activating group) is 1. The zero-order chi connectivity index (χ0) is 14.4. The predicted molar refractivity (Wildman–Crippen MR) is 79.3 cm³/mol. The molecule has 1 atom stereocenters. The topological polar surface area (TPSA) is 49.4 Å². The van der Waals surface area contributed by atoms with Crippen LogP contribution < -0.4 is 5.32 Å². The van der Waals surface area contributed by atoms with Gasteiger partial charge in [-0.05, 0) is 31.5 Å². The lowest BCUT2D eigenvalue weighted by atomic mass is 10.1. The second-order valence-corrected chi connectivity index (χ2v) is 4.94. The van der Waals surface area contributed by atoms with Gasteiger partial charge in [0.1, 0.15) is 6.04 Å². The van der Waals surface area contributed by atoms with Crippen molar-refractivity contribution < 1.29 is 9.59 Å². The number of carbonyl (C=O) groups excluding carboxylic acids is 2. The Hall–Kier alpha value is -1.36. The van der Waals surface area contributed by atoms with Crippen molar-refractivity contribution in [2.24, 2.45) is 0 Å². The predicted octanol–water partition coefficient (Wildman–Crippen LogP) is 2.18. The molecule has 0 aliphatic heterocycles. The first-order valence-corrected chi connectivity index (χ1v) is 7.32. The molecule has 1 aromatic rings. The van der Waals surface area contributed by atoms with Crippen LogP contribution in [0, 0.1) is 0 Å². The fraction of sp³-hybridized carbons (Fsp3) is 0.429. The number of nitrogens with zero attached hydrogens (tertiary/aromatic N) is 1. The highest BCUT2D eigenvalue weighted by Gasteiger charge is 2.18. The van der Waals surface area contributed by atoms with Crippen LogP contribution in [-0.4, -0.2) is 36.3 Å². The fourth-order valence-corrected chi connectivity index (χ4v) is 1.95. The van der Waals surface area contributed by atoms with Crippen LogP contribution in [0.5, 0.6) is 0 Å². The summed E-state index contributed by atoms with van der Waals surface area (Å²) in [6.07, 6.45) is 0. The van der Waals surface area contributed by atoms with Gasteiger partial charge in [0.2, 0.25) is 5.91 Å². The third kappa shape index (κ3) is 4.35. The van der Waals surface area contributed by atoms with E-state index in [0.29, 0.717) is 12.1 Å². The van der Waals surface area contributed by atoms with Crippen LogP contribution in [-0.2, 0) is 10.1 Å². The summed E-state index contributed by atoms with van der Waals surface area (Å²) in [7, 11) is 1.72. The van der Waals surface area contributed by atoms with Gasteiger partial charge in [0, 0.05) is 24.5 Å². The second kappa shape index (κ2) is 7.28. The maximum Gasteiger partial charge on any atom is 0.251 e. The van der Waals surface area contributed by atoms with E-state index < -0.39 is 6.04 Å². The highest BCUT2D eigenvalue weighted by atomic mass is 79.9. The van der Waals surface area contributed by atoms with Gasteiger partial charge in [0.25, 0.3) is 5.91 Å². The molecular weight excluding hydrogens is 308 g/mol. The monoisotopic (exact) mass is 326 g/mol. The molecule has 1 aromatic carbocycles. The minimum absolute atomic E-state index is 0.0899. The summed E-state index contributed by atoms with van der Waals surface area (Å²) in [6, 6.07) is 6.76. The summed E-state index contributed by atoms with van der Waals surface area (Å²) in [5, 5.41) is 3.46. The number of hydrogen-bond donors (Lipinski definition) is 1. The summed E-state index contributed by atoms with van der Waals surface area (Å²) in [5.74, 6) is -0.320. The molecule has 5 heteroatoms. The Bertz CT molecular complexity index is 445. The Kier molecular flexibility index (Phi) is 6.02. The van der Waals surface area contributed by atoms with E-state index >= 15 is 0 Å². The molecule has 104 valence electrons. The van der Waals surface area contributed by atoms with Gasteiger partial charge in [-0.3, -0.25) is 9.59 Å². The number of amides is 2. The molecule has 2 amide bonds. The number of rotatable bonds is 5. The van der Waals surface area contributed by atoms with Gasteiger partial charge in [-0.1, -0.05) is 28.1 Å². The van der Waals surface area contributed by atoms with E-state index in [1.807, 2.05) is 19.1 Å². The fourth-order valence-electron chi connectivity index (χ4n) is 1.57. The van der Waals surface area contributed by atoms with Crippen molar-refractivity contribution in [3.8, 4) is 0 Å². The first kappa shape index (κ1) is 15.7. The second-order valence-electron chi connectivity index (χ2n) is 4.38. The summed E-state index contributed by atoms with van der Waals surface area (Å²) >= 11 is 3.35. The quantitative estimate of drug-likeness (QED) is 0.843. The lowest BCUT2D eigenvalue weighted by Crippen LogP contribution is -2.45. The van der Waals surface area contributed by atoms with Crippen LogP contribution in [0.15, 0.2) is 24.3 Å². The van der Waals surface area contributed by atoms with Crippen LogP contribution in [0.3, 0.4) is 0 Å². The Morgan fingerprint density at radius 3 is 2.37 bits per heavy atom. The van der Waals surface area contributed by atoms with Gasteiger partial charge in [-0.25, -0.2) is 0 Å². The Morgan fingerprint density at radius 1 is 1.32 bits per heavy atom. The van der Waals surface area contributed by atoms with Crippen molar-refractivity contribution in [1.82, 2.24) is 10.2 Å². The Labute approximate surface area is 122 Å². The molecule has 0 aliphatic carbocycles. The van der Waals surface area contributed by atoms with E-state index in [1.54, 1.807) is 31.0 Å². The smallest absolute Gasteiger partial charge is 0.251 e. The number of alkyl halides is 1. The molecule has 0 fully saturated rings. The van der Waals surface area contributed by atoms with Crippen molar-refractivity contribution in [3.63, 3.8) is 0 Å². The minimum Gasteiger partial charge on any atom is -0.344 e. The molecule has 1 rings (SSSR count). The molecular formula is C14H19BrN2O2. The number of nitrogens with one attached hydrogen (secondary N) is 1. The molecule has 4 nitrogen and oxygen atoms in total. The van der Waals surface area contributed by atoms with Crippen LogP contribution in [0.4, 0.5) is 0 Å². The van der Waals surface area contributed by atoms with Gasteiger partial charge < -0.3 is 10.2 Å². The van der Waals surface area contributed by atoms with Crippen molar-refractivity contribution in [1.29, 1.82) is 0 Å². The molecule has 0 saturated heterocycles. The molecule has 0 aliphatic rings. The summed E-state index contributed by atoms with van der Waals surface area (Å²) < 4.78 is 0. The first-order chi connectivity index (χ1) is 8.99. The molecule has 0 aromatic heterocycles. The summed E-state index contributed by atoms with van der Waals surface area (Å²) in [6.45, 7) is 4.21. The lowest BCUT2D eigenvalue weighted by molar-refractivity contribution is -0.131. The van der Waals surface area contributed by atoms with E-state index in [9.17, 15) is 9.59 Å². The molecule has 1 unspecified atom stereocenters. The van der Waals surface area contributed by atoms with Crippen molar-refractivity contribution >= 4 is 27.7 Å².